The van der Waals surface area contributed by atoms with Gasteiger partial charge in [0.2, 0.25) is 0 Å². The average Bonchev–Trinajstić information content (AvgIpc) is 2.83. The Balaban J connectivity index is 2.02. The second-order valence-corrected chi connectivity index (χ2v) is 5.01. The Morgan fingerprint density at radius 2 is 2.00 bits per heavy atom. The molecule has 1 aromatic carbocycles. The molecule has 1 N–H and O–H groups in total. The molecule has 0 unspecified atom stereocenters. The quantitative estimate of drug-likeness (QED) is 0.905. The highest BCUT2D eigenvalue weighted by atomic mass is 16.5. The van der Waals surface area contributed by atoms with E-state index in [4.69, 9.17) is 4.52 Å². The van der Waals surface area contributed by atoms with Crippen LogP contribution in [-0.2, 0) is 13.1 Å². The fourth-order valence-electron chi connectivity index (χ4n) is 1.96. The van der Waals surface area contributed by atoms with Crippen LogP contribution in [0.1, 0.15) is 27.4 Å². The molecule has 2 aromatic rings. The van der Waals surface area contributed by atoms with Crippen molar-refractivity contribution in [3.8, 4) is 0 Å². The number of aryl methyl sites for hydroxylation is 1. The number of hydrogen-bond donors (Lipinski definition) is 1. The van der Waals surface area contributed by atoms with Gasteiger partial charge in [-0.05, 0) is 32.1 Å². The van der Waals surface area contributed by atoms with E-state index in [9.17, 15) is 4.79 Å². The van der Waals surface area contributed by atoms with E-state index < -0.39 is 0 Å². The van der Waals surface area contributed by atoms with Crippen molar-refractivity contribution in [3.63, 3.8) is 0 Å². The zero-order chi connectivity index (χ0) is 14.5. The van der Waals surface area contributed by atoms with Crippen molar-refractivity contribution in [3.05, 3.63) is 52.9 Å². The highest BCUT2D eigenvalue weighted by molar-refractivity contribution is 5.92. The van der Waals surface area contributed by atoms with E-state index in [1.165, 1.54) is 5.56 Å². The highest BCUT2D eigenvalue weighted by Gasteiger charge is 2.11. The lowest BCUT2D eigenvalue weighted by Crippen LogP contribution is -2.24. The first-order valence-corrected chi connectivity index (χ1v) is 6.49. The van der Waals surface area contributed by atoms with Crippen LogP contribution in [0.4, 0.5) is 0 Å². The Morgan fingerprint density at radius 3 is 2.60 bits per heavy atom. The summed E-state index contributed by atoms with van der Waals surface area (Å²) < 4.78 is 4.90. The Kier molecular flexibility index (Phi) is 4.53. The smallest absolute Gasteiger partial charge is 0.273 e. The number of nitrogens with zero attached hydrogens (tertiary/aromatic N) is 2. The number of aromatic nitrogens is 1. The number of hydrogen-bond acceptors (Lipinski definition) is 4. The van der Waals surface area contributed by atoms with Gasteiger partial charge < -0.3 is 14.7 Å². The van der Waals surface area contributed by atoms with E-state index in [-0.39, 0.29) is 5.91 Å². The minimum atomic E-state index is -0.221. The fraction of sp³-hybridized carbons (Fsp3) is 0.333. The molecule has 0 saturated heterocycles. The first kappa shape index (κ1) is 14.3. The summed E-state index contributed by atoms with van der Waals surface area (Å²) in [5.74, 6) is 0.407. The van der Waals surface area contributed by atoms with Gasteiger partial charge >= 0.3 is 0 Å². The molecule has 5 heteroatoms. The average molecular weight is 273 g/mol. The van der Waals surface area contributed by atoms with Gasteiger partial charge in [0.15, 0.2) is 5.69 Å². The van der Waals surface area contributed by atoms with Gasteiger partial charge in [-0.2, -0.15) is 0 Å². The SMILES string of the molecule is Cc1cc(C(=O)NCc2ccccc2CN(C)C)no1. The van der Waals surface area contributed by atoms with Crippen molar-refractivity contribution in [2.75, 3.05) is 14.1 Å². The predicted octanol–water partition coefficient (Wildman–Crippen LogP) is 1.97. The van der Waals surface area contributed by atoms with Crippen LogP contribution >= 0.6 is 0 Å². The lowest BCUT2D eigenvalue weighted by molar-refractivity contribution is 0.0941. The first-order valence-electron chi connectivity index (χ1n) is 6.49. The van der Waals surface area contributed by atoms with Gasteiger partial charge in [-0.1, -0.05) is 29.4 Å². The molecule has 1 aromatic heterocycles. The maximum absolute atomic E-state index is 11.9. The summed E-state index contributed by atoms with van der Waals surface area (Å²) in [6.07, 6.45) is 0. The molecular formula is C15H19N3O2. The third-order valence-electron chi connectivity index (χ3n) is 2.90. The van der Waals surface area contributed by atoms with Crippen molar-refractivity contribution < 1.29 is 9.32 Å². The lowest BCUT2D eigenvalue weighted by atomic mass is 10.1. The first-order chi connectivity index (χ1) is 9.56. The molecule has 0 bridgehead atoms. The number of benzene rings is 1. The molecule has 0 fully saturated rings. The molecule has 0 aliphatic heterocycles. The van der Waals surface area contributed by atoms with E-state index >= 15 is 0 Å². The van der Waals surface area contributed by atoms with Crippen molar-refractivity contribution in [2.24, 2.45) is 0 Å². The van der Waals surface area contributed by atoms with Gasteiger partial charge in [-0.25, -0.2) is 0 Å². The zero-order valence-corrected chi connectivity index (χ0v) is 12.0. The number of carbonyl (C=O) groups is 1. The number of carbonyl (C=O) groups excluding carboxylic acids is 1. The van der Waals surface area contributed by atoms with Crippen molar-refractivity contribution >= 4 is 5.91 Å². The molecule has 0 atom stereocenters. The van der Waals surface area contributed by atoms with Gasteiger partial charge in [0.05, 0.1) is 0 Å². The summed E-state index contributed by atoms with van der Waals surface area (Å²) in [6.45, 7) is 3.08. The maximum Gasteiger partial charge on any atom is 0.273 e. The molecule has 2 rings (SSSR count). The molecule has 1 heterocycles. The van der Waals surface area contributed by atoms with Crippen LogP contribution in [0.5, 0.6) is 0 Å². The van der Waals surface area contributed by atoms with Crippen LogP contribution < -0.4 is 5.32 Å². The molecule has 5 nitrogen and oxygen atoms in total. The minimum Gasteiger partial charge on any atom is -0.361 e. The molecule has 0 spiro atoms. The van der Waals surface area contributed by atoms with Gasteiger partial charge in [-0.15, -0.1) is 0 Å². The number of nitrogens with one attached hydrogen (secondary N) is 1. The molecule has 1 amide bonds. The van der Waals surface area contributed by atoms with Crippen LogP contribution in [0.2, 0.25) is 0 Å². The fourth-order valence-corrected chi connectivity index (χ4v) is 1.96. The van der Waals surface area contributed by atoms with Gasteiger partial charge in [0, 0.05) is 19.2 Å². The summed E-state index contributed by atoms with van der Waals surface area (Å²) in [5, 5.41) is 6.57. The third kappa shape index (κ3) is 3.68. The molecular weight excluding hydrogens is 254 g/mol. The Labute approximate surface area is 118 Å². The Bertz CT molecular complexity index is 590. The molecule has 106 valence electrons. The molecule has 20 heavy (non-hydrogen) atoms. The van der Waals surface area contributed by atoms with Crippen LogP contribution in [0.3, 0.4) is 0 Å². The van der Waals surface area contributed by atoms with E-state index in [0.29, 0.717) is 18.0 Å². The molecule has 0 aliphatic carbocycles. The summed E-state index contributed by atoms with van der Waals surface area (Å²) in [4.78, 5) is 14.0. The van der Waals surface area contributed by atoms with E-state index in [1.54, 1.807) is 13.0 Å². The van der Waals surface area contributed by atoms with E-state index in [1.807, 2.05) is 32.3 Å². The summed E-state index contributed by atoms with van der Waals surface area (Å²) in [7, 11) is 4.04. The van der Waals surface area contributed by atoms with Crippen LogP contribution in [0.25, 0.3) is 0 Å². The summed E-state index contributed by atoms with van der Waals surface area (Å²) in [5.41, 5.74) is 2.62. The second-order valence-electron chi connectivity index (χ2n) is 5.01. The lowest BCUT2D eigenvalue weighted by Gasteiger charge is -2.14. The largest absolute Gasteiger partial charge is 0.361 e. The second kappa shape index (κ2) is 6.34. The highest BCUT2D eigenvalue weighted by Crippen LogP contribution is 2.10. The Hall–Kier alpha value is -2.14. The third-order valence-corrected chi connectivity index (χ3v) is 2.90. The normalized spacial score (nSPS) is 10.8. The topological polar surface area (TPSA) is 58.4 Å². The van der Waals surface area contributed by atoms with E-state index in [0.717, 1.165) is 12.1 Å². The van der Waals surface area contributed by atoms with Crippen molar-refractivity contribution in [1.82, 2.24) is 15.4 Å². The van der Waals surface area contributed by atoms with Gasteiger partial charge in [0.25, 0.3) is 5.91 Å². The van der Waals surface area contributed by atoms with Crippen molar-refractivity contribution in [2.45, 2.75) is 20.0 Å². The standard InChI is InChI=1S/C15H19N3O2/c1-11-8-14(17-20-11)15(19)16-9-12-6-4-5-7-13(12)10-18(2)3/h4-8H,9-10H2,1-3H3,(H,16,19). The van der Waals surface area contributed by atoms with E-state index in [2.05, 4.69) is 21.4 Å². The van der Waals surface area contributed by atoms with Crippen LogP contribution in [0.15, 0.2) is 34.9 Å². The monoisotopic (exact) mass is 273 g/mol. The summed E-state index contributed by atoms with van der Waals surface area (Å²) >= 11 is 0. The summed E-state index contributed by atoms with van der Waals surface area (Å²) in [6, 6.07) is 9.70. The van der Waals surface area contributed by atoms with Gasteiger partial charge in [-0.3, -0.25) is 4.79 Å². The number of amides is 1. The predicted molar refractivity (Wildman–Crippen MR) is 76.2 cm³/mol. The Morgan fingerprint density at radius 1 is 1.30 bits per heavy atom. The van der Waals surface area contributed by atoms with Gasteiger partial charge in [0.1, 0.15) is 5.76 Å². The van der Waals surface area contributed by atoms with Crippen molar-refractivity contribution in [1.29, 1.82) is 0 Å². The minimum absolute atomic E-state index is 0.221. The maximum atomic E-state index is 11.9. The van der Waals surface area contributed by atoms with Crippen LogP contribution in [0, 0.1) is 6.92 Å². The number of rotatable bonds is 5. The molecule has 0 saturated carbocycles. The molecule has 0 radical (unpaired) electrons. The zero-order valence-electron chi connectivity index (χ0n) is 12.0. The van der Waals surface area contributed by atoms with Crippen LogP contribution in [-0.4, -0.2) is 30.1 Å². The molecule has 0 aliphatic rings.